The van der Waals surface area contributed by atoms with Crippen molar-refractivity contribution >= 4 is 5.82 Å². The number of anilines is 1. The van der Waals surface area contributed by atoms with E-state index in [4.69, 9.17) is 4.74 Å². The highest BCUT2D eigenvalue weighted by Gasteiger charge is 2.02. The zero-order valence-corrected chi connectivity index (χ0v) is 13.0. The van der Waals surface area contributed by atoms with E-state index in [1.807, 2.05) is 36.5 Å². The quantitative estimate of drug-likeness (QED) is 0.726. The standard InChI is InChI=1S/C17H19N5O/c1-2-10-23-15-6-4-14(5-7-15)11-19-16-12-18-13-17(21-16)22-9-3-8-20-22/h3-9,12-13H,2,10-11H2,1H3,(H,19,21). The van der Waals surface area contributed by atoms with Gasteiger partial charge in [-0.2, -0.15) is 5.10 Å². The Morgan fingerprint density at radius 3 is 2.78 bits per heavy atom. The minimum absolute atomic E-state index is 0.672. The molecule has 0 fully saturated rings. The Morgan fingerprint density at radius 2 is 2.04 bits per heavy atom. The second-order valence-electron chi connectivity index (χ2n) is 5.06. The number of nitrogens with one attached hydrogen (secondary N) is 1. The monoisotopic (exact) mass is 309 g/mol. The van der Waals surface area contributed by atoms with Gasteiger partial charge >= 0.3 is 0 Å². The molecule has 0 saturated heterocycles. The molecule has 0 unspecified atom stereocenters. The van der Waals surface area contributed by atoms with Gasteiger partial charge in [0.05, 0.1) is 19.0 Å². The Morgan fingerprint density at radius 1 is 1.17 bits per heavy atom. The van der Waals surface area contributed by atoms with Gasteiger partial charge < -0.3 is 10.1 Å². The Hall–Kier alpha value is -2.89. The van der Waals surface area contributed by atoms with E-state index in [0.29, 0.717) is 18.2 Å². The minimum atomic E-state index is 0.672. The Kier molecular flexibility index (Phi) is 4.83. The first-order valence-corrected chi connectivity index (χ1v) is 7.63. The summed E-state index contributed by atoms with van der Waals surface area (Å²) in [7, 11) is 0. The lowest BCUT2D eigenvalue weighted by atomic mass is 10.2. The van der Waals surface area contributed by atoms with Crippen LogP contribution in [0.2, 0.25) is 0 Å². The number of hydrogen-bond acceptors (Lipinski definition) is 5. The van der Waals surface area contributed by atoms with Crippen LogP contribution >= 0.6 is 0 Å². The van der Waals surface area contributed by atoms with Crippen molar-refractivity contribution in [2.24, 2.45) is 0 Å². The van der Waals surface area contributed by atoms with Gasteiger partial charge in [0.2, 0.25) is 0 Å². The summed E-state index contributed by atoms with van der Waals surface area (Å²) in [6.07, 6.45) is 7.94. The van der Waals surface area contributed by atoms with Crippen LogP contribution in [0.25, 0.3) is 5.82 Å². The summed E-state index contributed by atoms with van der Waals surface area (Å²) in [6, 6.07) is 9.91. The smallest absolute Gasteiger partial charge is 0.173 e. The van der Waals surface area contributed by atoms with E-state index in [1.165, 1.54) is 0 Å². The van der Waals surface area contributed by atoms with Crippen LogP contribution in [-0.4, -0.2) is 26.4 Å². The van der Waals surface area contributed by atoms with Crippen LogP contribution in [0.1, 0.15) is 18.9 Å². The molecule has 0 amide bonds. The van der Waals surface area contributed by atoms with E-state index >= 15 is 0 Å². The van der Waals surface area contributed by atoms with Gasteiger partial charge in [0.25, 0.3) is 0 Å². The molecular formula is C17H19N5O. The number of nitrogens with zero attached hydrogens (tertiary/aromatic N) is 4. The molecule has 2 aromatic heterocycles. The second-order valence-corrected chi connectivity index (χ2v) is 5.06. The Labute approximate surface area is 135 Å². The fraction of sp³-hybridized carbons (Fsp3) is 0.235. The van der Waals surface area contributed by atoms with Gasteiger partial charge in [0.15, 0.2) is 5.82 Å². The summed E-state index contributed by atoms with van der Waals surface area (Å²) in [5, 5.41) is 7.42. The van der Waals surface area contributed by atoms with Crippen molar-refractivity contribution in [3.63, 3.8) is 0 Å². The van der Waals surface area contributed by atoms with Gasteiger partial charge in [-0.3, -0.25) is 4.98 Å². The molecule has 1 N–H and O–H groups in total. The molecule has 0 aliphatic rings. The molecule has 3 aromatic rings. The molecule has 6 heteroatoms. The Balaban J connectivity index is 1.61. The summed E-state index contributed by atoms with van der Waals surface area (Å²) in [5.74, 6) is 2.30. The predicted octanol–water partition coefficient (Wildman–Crippen LogP) is 3.06. The molecule has 23 heavy (non-hydrogen) atoms. The summed E-state index contributed by atoms with van der Waals surface area (Å²) >= 11 is 0. The normalized spacial score (nSPS) is 10.5. The van der Waals surface area contributed by atoms with Crippen molar-refractivity contribution < 1.29 is 4.74 Å². The summed E-state index contributed by atoms with van der Waals surface area (Å²) < 4.78 is 7.26. The van der Waals surface area contributed by atoms with E-state index in [2.05, 4.69) is 27.3 Å². The second kappa shape index (κ2) is 7.40. The highest BCUT2D eigenvalue weighted by Crippen LogP contribution is 2.14. The van der Waals surface area contributed by atoms with E-state index in [-0.39, 0.29) is 0 Å². The molecule has 0 atom stereocenters. The van der Waals surface area contributed by atoms with Gasteiger partial charge in [-0.25, -0.2) is 9.67 Å². The molecular weight excluding hydrogens is 290 g/mol. The molecule has 6 nitrogen and oxygen atoms in total. The maximum atomic E-state index is 5.58. The summed E-state index contributed by atoms with van der Waals surface area (Å²) in [6.45, 7) is 3.51. The molecule has 0 spiro atoms. The topological polar surface area (TPSA) is 64.9 Å². The summed E-state index contributed by atoms with van der Waals surface area (Å²) in [4.78, 5) is 8.69. The third-order valence-electron chi connectivity index (χ3n) is 3.23. The zero-order chi connectivity index (χ0) is 15.9. The number of aromatic nitrogens is 4. The average Bonchev–Trinajstić information content (AvgIpc) is 3.14. The van der Waals surface area contributed by atoms with Gasteiger partial charge in [-0.05, 0) is 30.2 Å². The van der Waals surface area contributed by atoms with Crippen LogP contribution in [0.15, 0.2) is 55.1 Å². The van der Waals surface area contributed by atoms with Gasteiger partial charge in [-0.1, -0.05) is 19.1 Å². The van der Waals surface area contributed by atoms with E-state index in [9.17, 15) is 0 Å². The highest BCUT2D eigenvalue weighted by atomic mass is 16.5. The van der Waals surface area contributed by atoms with Crippen molar-refractivity contribution in [3.8, 4) is 11.6 Å². The number of benzene rings is 1. The summed E-state index contributed by atoms with van der Waals surface area (Å²) in [5.41, 5.74) is 1.15. The van der Waals surface area contributed by atoms with Crippen LogP contribution < -0.4 is 10.1 Å². The molecule has 0 saturated carbocycles. The lowest BCUT2D eigenvalue weighted by Gasteiger charge is -2.08. The van der Waals surface area contributed by atoms with Crippen molar-refractivity contribution in [1.29, 1.82) is 0 Å². The fourth-order valence-electron chi connectivity index (χ4n) is 2.07. The van der Waals surface area contributed by atoms with Crippen LogP contribution in [0.3, 0.4) is 0 Å². The molecule has 0 aliphatic heterocycles. The van der Waals surface area contributed by atoms with Crippen LogP contribution in [0, 0.1) is 0 Å². The molecule has 2 heterocycles. The highest BCUT2D eigenvalue weighted by molar-refractivity contribution is 5.37. The molecule has 0 radical (unpaired) electrons. The molecule has 118 valence electrons. The third kappa shape index (κ3) is 4.06. The zero-order valence-electron chi connectivity index (χ0n) is 13.0. The van der Waals surface area contributed by atoms with Crippen LogP contribution in [0.5, 0.6) is 5.75 Å². The lowest BCUT2D eigenvalue weighted by molar-refractivity contribution is 0.317. The SMILES string of the molecule is CCCOc1ccc(CNc2cncc(-n3cccn3)n2)cc1. The van der Waals surface area contributed by atoms with E-state index in [0.717, 1.165) is 24.3 Å². The largest absolute Gasteiger partial charge is 0.494 e. The van der Waals surface area contributed by atoms with Crippen LogP contribution in [-0.2, 0) is 6.54 Å². The van der Waals surface area contributed by atoms with Crippen molar-refractivity contribution in [2.75, 3.05) is 11.9 Å². The van der Waals surface area contributed by atoms with Crippen molar-refractivity contribution in [1.82, 2.24) is 19.7 Å². The van der Waals surface area contributed by atoms with Gasteiger partial charge in [0, 0.05) is 18.9 Å². The van der Waals surface area contributed by atoms with Crippen molar-refractivity contribution in [2.45, 2.75) is 19.9 Å². The first kappa shape index (κ1) is 15.0. The molecule has 0 bridgehead atoms. The molecule has 0 aliphatic carbocycles. The lowest BCUT2D eigenvalue weighted by Crippen LogP contribution is -2.05. The average molecular weight is 309 g/mol. The first-order valence-electron chi connectivity index (χ1n) is 7.63. The van der Waals surface area contributed by atoms with E-state index in [1.54, 1.807) is 23.3 Å². The predicted molar refractivity (Wildman–Crippen MR) is 88.7 cm³/mol. The third-order valence-corrected chi connectivity index (χ3v) is 3.23. The van der Waals surface area contributed by atoms with Crippen LogP contribution in [0.4, 0.5) is 5.82 Å². The Bertz CT molecular complexity index is 725. The number of ether oxygens (including phenoxy) is 1. The molecule has 1 aromatic carbocycles. The van der Waals surface area contributed by atoms with Crippen molar-refractivity contribution in [3.05, 3.63) is 60.7 Å². The minimum Gasteiger partial charge on any atom is -0.494 e. The fourth-order valence-corrected chi connectivity index (χ4v) is 2.07. The van der Waals surface area contributed by atoms with Gasteiger partial charge in [0.1, 0.15) is 11.6 Å². The molecule has 3 rings (SSSR count). The van der Waals surface area contributed by atoms with Gasteiger partial charge in [-0.15, -0.1) is 0 Å². The van der Waals surface area contributed by atoms with E-state index < -0.39 is 0 Å². The maximum Gasteiger partial charge on any atom is 0.173 e. The maximum absolute atomic E-state index is 5.58. The number of hydrogen-bond donors (Lipinski definition) is 1. The number of rotatable bonds is 7. The first-order chi connectivity index (χ1) is 11.3.